The zero-order valence-electron chi connectivity index (χ0n) is 26.7. The van der Waals surface area contributed by atoms with Crippen LogP contribution in [0.25, 0.3) is 0 Å². The Morgan fingerprint density at radius 2 is 0.658 bits per heavy atom. The molecule has 1 aliphatic carbocycles. The van der Waals surface area contributed by atoms with Gasteiger partial charge in [-0.2, -0.15) is 0 Å². The molecule has 0 bridgehead atoms. The molecular formula is C36H74N2. The predicted molar refractivity (Wildman–Crippen MR) is 173 cm³/mol. The summed E-state index contributed by atoms with van der Waals surface area (Å²) in [7, 11) is 0. The smallest absolute Gasteiger partial charge is 0.00773 e. The van der Waals surface area contributed by atoms with Crippen LogP contribution in [0.1, 0.15) is 194 Å². The van der Waals surface area contributed by atoms with Gasteiger partial charge in [-0.15, -0.1) is 0 Å². The van der Waals surface area contributed by atoms with Gasteiger partial charge < -0.3 is 11.5 Å². The molecule has 1 saturated carbocycles. The van der Waals surface area contributed by atoms with Crippen LogP contribution >= 0.6 is 0 Å². The van der Waals surface area contributed by atoms with E-state index in [-0.39, 0.29) is 0 Å². The molecule has 1 aliphatic rings. The molecule has 38 heavy (non-hydrogen) atoms. The van der Waals surface area contributed by atoms with Crippen molar-refractivity contribution in [2.75, 3.05) is 13.1 Å². The number of hydrogen-bond donors (Lipinski definition) is 2. The molecule has 4 atom stereocenters. The van der Waals surface area contributed by atoms with Crippen LogP contribution < -0.4 is 11.5 Å². The summed E-state index contributed by atoms with van der Waals surface area (Å²) >= 11 is 0. The summed E-state index contributed by atoms with van der Waals surface area (Å²) in [5.74, 6) is 4.11. The van der Waals surface area contributed by atoms with Gasteiger partial charge in [0.1, 0.15) is 0 Å². The maximum Gasteiger partial charge on any atom is -0.00773 e. The zero-order chi connectivity index (χ0) is 27.5. The average Bonchev–Trinajstić information content (AvgIpc) is 2.93. The summed E-state index contributed by atoms with van der Waals surface area (Å²) in [5, 5.41) is 0. The van der Waals surface area contributed by atoms with Crippen LogP contribution in [0, 0.1) is 23.7 Å². The van der Waals surface area contributed by atoms with E-state index < -0.39 is 0 Å². The van der Waals surface area contributed by atoms with Gasteiger partial charge in [0.05, 0.1) is 0 Å². The van der Waals surface area contributed by atoms with Crippen LogP contribution in [0.3, 0.4) is 0 Å². The van der Waals surface area contributed by atoms with Crippen molar-refractivity contribution in [1.82, 2.24) is 0 Å². The minimum Gasteiger partial charge on any atom is -0.330 e. The lowest BCUT2D eigenvalue weighted by Crippen LogP contribution is -2.35. The Bertz CT molecular complexity index is 462. The summed E-state index contributed by atoms with van der Waals surface area (Å²) in [6.45, 7) is 6.44. The monoisotopic (exact) mass is 535 g/mol. The molecular weight excluding hydrogens is 460 g/mol. The van der Waals surface area contributed by atoms with Crippen LogP contribution in [0.2, 0.25) is 0 Å². The molecule has 0 spiro atoms. The third-order valence-corrected chi connectivity index (χ3v) is 10.0. The van der Waals surface area contributed by atoms with Crippen molar-refractivity contribution >= 4 is 0 Å². The minimum absolute atomic E-state index is 0.871. The van der Waals surface area contributed by atoms with E-state index in [2.05, 4.69) is 13.8 Å². The first kappa shape index (κ1) is 35.9. The summed E-state index contributed by atoms with van der Waals surface area (Å²) in [5.41, 5.74) is 11.4. The van der Waals surface area contributed by atoms with E-state index >= 15 is 0 Å². The SMILES string of the molecule is CCCCCCCCC1C(CCCCCC)CCC(CCCCCCCCN)C1CCCCCCCCN. The number of unbranched alkanes of at least 4 members (excludes halogenated alkanes) is 18. The molecule has 2 nitrogen and oxygen atoms in total. The van der Waals surface area contributed by atoms with Gasteiger partial charge in [0.2, 0.25) is 0 Å². The summed E-state index contributed by atoms with van der Waals surface area (Å²) in [6, 6.07) is 0. The minimum atomic E-state index is 0.871. The fourth-order valence-corrected chi connectivity index (χ4v) is 7.65. The standard InChI is InChI=1S/C36H74N2/c1-3-5-7-9-15-21-27-35-33(25-19-8-6-4-2)29-30-34(26-20-14-10-12-17-23-31-37)36(35)28-22-16-11-13-18-24-32-38/h33-36H,3-32,37-38H2,1-2H3. The van der Waals surface area contributed by atoms with Crippen LogP contribution in [-0.4, -0.2) is 13.1 Å². The lowest BCUT2D eigenvalue weighted by Gasteiger charge is -2.44. The maximum atomic E-state index is 5.71. The normalized spacial score (nSPS) is 21.8. The Morgan fingerprint density at radius 3 is 1.03 bits per heavy atom. The van der Waals surface area contributed by atoms with Gasteiger partial charge in [-0.1, -0.05) is 155 Å². The van der Waals surface area contributed by atoms with Gasteiger partial charge >= 0.3 is 0 Å². The van der Waals surface area contributed by atoms with Crippen molar-refractivity contribution in [3.8, 4) is 0 Å². The van der Waals surface area contributed by atoms with Gasteiger partial charge in [0.15, 0.2) is 0 Å². The van der Waals surface area contributed by atoms with Gasteiger partial charge in [-0.25, -0.2) is 0 Å². The highest BCUT2D eigenvalue weighted by molar-refractivity contribution is 4.88. The summed E-state index contributed by atoms with van der Waals surface area (Å²) < 4.78 is 0. The van der Waals surface area contributed by atoms with Crippen molar-refractivity contribution in [3.63, 3.8) is 0 Å². The van der Waals surface area contributed by atoms with Crippen LogP contribution in [0.5, 0.6) is 0 Å². The average molecular weight is 535 g/mol. The highest BCUT2D eigenvalue weighted by Gasteiger charge is 2.37. The van der Waals surface area contributed by atoms with Gasteiger partial charge in [-0.3, -0.25) is 0 Å². The molecule has 0 aromatic rings. The summed E-state index contributed by atoms with van der Waals surface area (Å²) in [6.07, 6.45) is 40.4. The Kier molecular flexibility index (Phi) is 25.6. The van der Waals surface area contributed by atoms with Crippen LogP contribution in [-0.2, 0) is 0 Å². The highest BCUT2D eigenvalue weighted by Crippen LogP contribution is 2.47. The Labute approximate surface area is 241 Å². The molecule has 1 rings (SSSR count). The lowest BCUT2D eigenvalue weighted by molar-refractivity contribution is 0.0581. The molecule has 0 aromatic heterocycles. The Balaban J connectivity index is 2.70. The van der Waals surface area contributed by atoms with Gasteiger partial charge in [0, 0.05) is 0 Å². The molecule has 0 radical (unpaired) electrons. The Morgan fingerprint density at radius 1 is 0.368 bits per heavy atom. The maximum absolute atomic E-state index is 5.71. The fraction of sp³-hybridized carbons (Fsp3) is 1.00. The van der Waals surface area contributed by atoms with Crippen LogP contribution in [0.15, 0.2) is 0 Å². The largest absolute Gasteiger partial charge is 0.330 e. The van der Waals surface area contributed by atoms with Crippen molar-refractivity contribution in [2.24, 2.45) is 35.1 Å². The van der Waals surface area contributed by atoms with Crippen molar-refractivity contribution in [2.45, 2.75) is 194 Å². The molecule has 4 unspecified atom stereocenters. The van der Waals surface area contributed by atoms with E-state index in [4.69, 9.17) is 11.5 Å². The summed E-state index contributed by atoms with van der Waals surface area (Å²) in [4.78, 5) is 0. The molecule has 0 heterocycles. The molecule has 2 heteroatoms. The predicted octanol–water partition coefficient (Wildman–Crippen LogP) is 11.3. The fourth-order valence-electron chi connectivity index (χ4n) is 7.65. The van der Waals surface area contributed by atoms with Crippen molar-refractivity contribution in [1.29, 1.82) is 0 Å². The number of hydrogen-bond acceptors (Lipinski definition) is 2. The van der Waals surface area contributed by atoms with E-state index in [1.807, 2.05) is 0 Å². The molecule has 4 N–H and O–H groups in total. The quantitative estimate of drug-likeness (QED) is 0.0980. The van der Waals surface area contributed by atoms with E-state index in [0.717, 1.165) is 36.8 Å². The van der Waals surface area contributed by atoms with Crippen molar-refractivity contribution < 1.29 is 0 Å². The molecule has 0 aliphatic heterocycles. The first-order valence-corrected chi connectivity index (χ1v) is 18.2. The number of nitrogens with two attached hydrogens (primary N) is 2. The molecule has 1 fully saturated rings. The van der Waals surface area contributed by atoms with E-state index in [1.54, 1.807) is 19.3 Å². The van der Waals surface area contributed by atoms with Gasteiger partial charge in [-0.05, 0) is 75.3 Å². The first-order chi connectivity index (χ1) is 18.8. The second-order valence-corrected chi connectivity index (χ2v) is 13.2. The Hall–Kier alpha value is -0.0800. The van der Waals surface area contributed by atoms with E-state index in [9.17, 15) is 0 Å². The molecule has 0 aromatic carbocycles. The molecule has 0 saturated heterocycles. The van der Waals surface area contributed by atoms with Crippen molar-refractivity contribution in [3.05, 3.63) is 0 Å². The molecule has 0 amide bonds. The highest BCUT2D eigenvalue weighted by atomic mass is 14.5. The topological polar surface area (TPSA) is 52.0 Å². The molecule has 228 valence electrons. The third-order valence-electron chi connectivity index (χ3n) is 10.0. The van der Waals surface area contributed by atoms with Crippen LogP contribution in [0.4, 0.5) is 0 Å². The van der Waals surface area contributed by atoms with E-state index in [1.165, 1.54) is 161 Å². The number of rotatable bonds is 28. The second-order valence-electron chi connectivity index (χ2n) is 13.2. The lowest BCUT2D eigenvalue weighted by atomic mass is 9.61. The second kappa shape index (κ2) is 27.1. The van der Waals surface area contributed by atoms with E-state index in [0.29, 0.717) is 0 Å². The first-order valence-electron chi connectivity index (χ1n) is 18.2. The zero-order valence-corrected chi connectivity index (χ0v) is 26.7. The van der Waals surface area contributed by atoms with Gasteiger partial charge in [0.25, 0.3) is 0 Å². The third kappa shape index (κ3) is 18.3.